The third-order valence-electron chi connectivity index (χ3n) is 4.98. The molecular weight excluding hydrogens is 244 g/mol. The van der Waals surface area contributed by atoms with Gasteiger partial charge in [-0.2, -0.15) is 0 Å². The summed E-state index contributed by atoms with van der Waals surface area (Å²) >= 11 is 0. The molecule has 0 aromatic rings. The van der Waals surface area contributed by atoms with Crippen LogP contribution < -0.4 is 5.32 Å². The summed E-state index contributed by atoms with van der Waals surface area (Å²) < 4.78 is 17.3. The Morgan fingerprint density at radius 1 is 1.26 bits per heavy atom. The van der Waals surface area contributed by atoms with Gasteiger partial charge in [-0.15, -0.1) is 0 Å². The molecule has 2 aliphatic heterocycles. The lowest BCUT2D eigenvalue weighted by Crippen LogP contribution is -2.56. The van der Waals surface area contributed by atoms with Crippen LogP contribution in [0.15, 0.2) is 0 Å². The number of likely N-dealkylation sites (tertiary alicyclic amines) is 1. The first-order chi connectivity index (χ1) is 9.26. The molecule has 0 aromatic carbocycles. The summed E-state index contributed by atoms with van der Waals surface area (Å²) in [6.45, 7) is 3.65. The lowest BCUT2D eigenvalue weighted by atomic mass is 9.84. The van der Waals surface area contributed by atoms with Crippen molar-refractivity contribution in [2.75, 3.05) is 40.5 Å². The van der Waals surface area contributed by atoms with Crippen molar-refractivity contribution in [3.63, 3.8) is 0 Å². The highest BCUT2D eigenvalue weighted by atomic mass is 16.7. The van der Waals surface area contributed by atoms with Crippen molar-refractivity contribution in [1.82, 2.24) is 10.2 Å². The third-order valence-corrected chi connectivity index (χ3v) is 4.98. The minimum absolute atomic E-state index is 0.302. The zero-order valence-electron chi connectivity index (χ0n) is 12.1. The zero-order valence-corrected chi connectivity index (χ0v) is 12.1. The highest BCUT2D eigenvalue weighted by Crippen LogP contribution is 2.38. The second-order valence-electron chi connectivity index (χ2n) is 5.95. The molecule has 3 aliphatic rings. The second-order valence-corrected chi connectivity index (χ2v) is 5.95. The predicted molar refractivity (Wildman–Crippen MR) is 72.1 cm³/mol. The average Bonchev–Trinajstić information content (AvgIpc) is 3.08. The summed E-state index contributed by atoms with van der Waals surface area (Å²) in [4.78, 5) is 2.56. The monoisotopic (exact) mass is 270 g/mol. The summed E-state index contributed by atoms with van der Waals surface area (Å²) in [6, 6.07) is 1.03. The lowest BCUT2D eigenvalue weighted by molar-refractivity contribution is -0.192. The number of likely N-dealkylation sites (N-methyl/N-ethyl adjacent to an activating group) is 1. The summed E-state index contributed by atoms with van der Waals surface area (Å²) in [7, 11) is 3.88. The van der Waals surface area contributed by atoms with Crippen LogP contribution in [-0.4, -0.2) is 69.3 Å². The number of rotatable bonds is 3. The fourth-order valence-corrected chi connectivity index (χ4v) is 3.86. The Labute approximate surface area is 115 Å². The molecule has 0 bridgehead atoms. The van der Waals surface area contributed by atoms with Crippen LogP contribution in [0.2, 0.25) is 0 Å². The quantitative estimate of drug-likeness (QED) is 0.813. The molecule has 3 unspecified atom stereocenters. The van der Waals surface area contributed by atoms with Crippen molar-refractivity contribution in [1.29, 1.82) is 0 Å². The Hall–Kier alpha value is -0.200. The van der Waals surface area contributed by atoms with E-state index in [2.05, 4.69) is 17.3 Å². The molecule has 19 heavy (non-hydrogen) atoms. The number of ether oxygens (including phenoxy) is 3. The Bertz CT molecular complexity index is 307. The van der Waals surface area contributed by atoms with E-state index < -0.39 is 0 Å². The molecule has 3 fully saturated rings. The maximum Gasteiger partial charge on any atom is 0.170 e. The number of nitrogens with zero attached hydrogens (tertiary/aromatic N) is 1. The fourth-order valence-electron chi connectivity index (χ4n) is 3.86. The van der Waals surface area contributed by atoms with Crippen LogP contribution in [0.3, 0.4) is 0 Å². The molecule has 1 spiro atoms. The standard InChI is InChI=1S/C14H26N2O3/c1-15-12-3-5-14(18-7-8-19-14)9-13(12)16-6-4-11(10-16)17-2/h11-13,15H,3-10H2,1-2H3. The van der Waals surface area contributed by atoms with Gasteiger partial charge in [0.05, 0.1) is 19.3 Å². The average molecular weight is 270 g/mol. The van der Waals surface area contributed by atoms with E-state index in [4.69, 9.17) is 14.2 Å². The number of hydrogen-bond acceptors (Lipinski definition) is 5. The van der Waals surface area contributed by atoms with Crippen molar-refractivity contribution in [2.24, 2.45) is 0 Å². The van der Waals surface area contributed by atoms with E-state index in [1.54, 1.807) is 0 Å². The fraction of sp³-hybridized carbons (Fsp3) is 1.00. The SMILES string of the molecule is CNC1CCC2(CC1N1CCC(OC)C1)OCCO2. The molecule has 5 heteroatoms. The first-order valence-corrected chi connectivity index (χ1v) is 7.48. The molecule has 5 nitrogen and oxygen atoms in total. The first-order valence-electron chi connectivity index (χ1n) is 7.48. The molecule has 1 N–H and O–H groups in total. The van der Waals surface area contributed by atoms with E-state index in [1.807, 2.05) is 7.11 Å². The van der Waals surface area contributed by atoms with Gasteiger partial charge in [-0.3, -0.25) is 4.90 Å². The Kier molecular flexibility index (Phi) is 4.10. The summed E-state index contributed by atoms with van der Waals surface area (Å²) in [6.07, 6.45) is 4.64. The van der Waals surface area contributed by atoms with Crippen LogP contribution in [0.25, 0.3) is 0 Å². The van der Waals surface area contributed by atoms with E-state index in [0.717, 1.165) is 52.0 Å². The van der Waals surface area contributed by atoms with Crippen molar-refractivity contribution in [3.8, 4) is 0 Å². The van der Waals surface area contributed by atoms with Gasteiger partial charge in [0, 0.05) is 45.1 Å². The molecule has 1 aliphatic carbocycles. The molecule has 0 radical (unpaired) electrons. The number of methoxy groups -OCH3 is 1. The van der Waals surface area contributed by atoms with Gasteiger partial charge in [0.15, 0.2) is 5.79 Å². The number of hydrogen-bond donors (Lipinski definition) is 1. The van der Waals surface area contributed by atoms with Crippen molar-refractivity contribution < 1.29 is 14.2 Å². The van der Waals surface area contributed by atoms with Gasteiger partial charge < -0.3 is 19.5 Å². The van der Waals surface area contributed by atoms with Gasteiger partial charge in [0.2, 0.25) is 0 Å². The zero-order chi connectivity index (χ0) is 13.3. The van der Waals surface area contributed by atoms with Crippen LogP contribution in [-0.2, 0) is 14.2 Å². The molecule has 110 valence electrons. The van der Waals surface area contributed by atoms with Crippen LogP contribution in [0.4, 0.5) is 0 Å². The summed E-state index contributed by atoms with van der Waals surface area (Å²) in [5.74, 6) is -0.302. The first kappa shape index (κ1) is 13.8. The Balaban J connectivity index is 1.69. The highest BCUT2D eigenvalue weighted by molar-refractivity contribution is 4.98. The highest BCUT2D eigenvalue weighted by Gasteiger charge is 2.47. The number of nitrogens with one attached hydrogen (secondary N) is 1. The molecule has 3 atom stereocenters. The molecule has 2 saturated heterocycles. The van der Waals surface area contributed by atoms with Crippen LogP contribution in [0, 0.1) is 0 Å². The van der Waals surface area contributed by atoms with E-state index >= 15 is 0 Å². The Morgan fingerprint density at radius 2 is 2.05 bits per heavy atom. The van der Waals surface area contributed by atoms with Gasteiger partial charge in [-0.1, -0.05) is 0 Å². The minimum Gasteiger partial charge on any atom is -0.380 e. The van der Waals surface area contributed by atoms with Gasteiger partial charge in [-0.25, -0.2) is 0 Å². The molecule has 3 rings (SSSR count). The molecule has 0 amide bonds. The minimum atomic E-state index is -0.302. The van der Waals surface area contributed by atoms with Crippen LogP contribution in [0.1, 0.15) is 25.7 Å². The Morgan fingerprint density at radius 3 is 2.68 bits per heavy atom. The van der Waals surface area contributed by atoms with E-state index in [1.165, 1.54) is 0 Å². The van der Waals surface area contributed by atoms with Crippen LogP contribution in [0.5, 0.6) is 0 Å². The van der Waals surface area contributed by atoms with E-state index in [9.17, 15) is 0 Å². The third kappa shape index (κ3) is 2.67. The van der Waals surface area contributed by atoms with E-state index in [-0.39, 0.29) is 5.79 Å². The summed E-state index contributed by atoms with van der Waals surface area (Å²) in [5.41, 5.74) is 0. The second kappa shape index (κ2) is 5.66. The summed E-state index contributed by atoms with van der Waals surface area (Å²) in [5, 5.41) is 3.48. The van der Waals surface area contributed by atoms with Crippen LogP contribution >= 0.6 is 0 Å². The van der Waals surface area contributed by atoms with Gasteiger partial charge in [-0.05, 0) is 19.9 Å². The molecule has 1 saturated carbocycles. The lowest BCUT2D eigenvalue weighted by Gasteiger charge is -2.44. The largest absolute Gasteiger partial charge is 0.380 e. The maximum atomic E-state index is 5.91. The molecule has 0 aromatic heterocycles. The molecular formula is C14H26N2O3. The smallest absolute Gasteiger partial charge is 0.170 e. The van der Waals surface area contributed by atoms with Crippen molar-refractivity contribution in [3.05, 3.63) is 0 Å². The van der Waals surface area contributed by atoms with Gasteiger partial charge in [0.25, 0.3) is 0 Å². The maximum absolute atomic E-state index is 5.91. The van der Waals surface area contributed by atoms with E-state index in [0.29, 0.717) is 18.2 Å². The normalized spacial score (nSPS) is 39.2. The van der Waals surface area contributed by atoms with Crippen molar-refractivity contribution >= 4 is 0 Å². The van der Waals surface area contributed by atoms with Gasteiger partial charge >= 0.3 is 0 Å². The van der Waals surface area contributed by atoms with Crippen molar-refractivity contribution in [2.45, 2.75) is 49.7 Å². The predicted octanol–water partition coefficient (Wildman–Crippen LogP) is 0.591. The molecule has 2 heterocycles. The topological polar surface area (TPSA) is 43.0 Å². The van der Waals surface area contributed by atoms with Gasteiger partial charge in [0.1, 0.15) is 0 Å².